The van der Waals surface area contributed by atoms with Crippen molar-refractivity contribution >= 4 is 5.91 Å². The summed E-state index contributed by atoms with van der Waals surface area (Å²) in [6.07, 6.45) is 3.79. The average molecular weight is 357 g/mol. The summed E-state index contributed by atoms with van der Waals surface area (Å²) in [4.78, 5) is 20.9. The zero-order valence-corrected chi connectivity index (χ0v) is 14.8. The van der Waals surface area contributed by atoms with Gasteiger partial charge in [0.05, 0.1) is 26.0 Å². The Kier molecular flexibility index (Phi) is 6.38. The number of nitrogens with one attached hydrogen (secondary N) is 1. The molecule has 0 saturated carbocycles. The van der Waals surface area contributed by atoms with Crippen molar-refractivity contribution in [3.8, 4) is 11.5 Å². The molecular formula is C19H23N3O4. The van der Waals surface area contributed by atoms with Gasteiger partial charge in [-0.15, -0.1) is 0 Å². The lowest BCUT2D eigenvalue weighted by molar-refractivity contribution is -0.123. The van der Waals surface area contributed by atoms with E-state index in [4.69, 9.17) is 14.2 Å². The zero-order chi connectivity index (χ0) is 18.2. The molecule has 1 atom stereocenters. The predicted octanol–water partition coefficient (Wildman–Crippen LogP) is 2.07. The van der Waals surface area contributed by atoms with Crippen LogP contribution in [0.25, 0.3) is 0 Å². The summed E-state index contributed by atoms with van der Waals surface area (Å²) in [5, 5.41) is 2.81. The molecular weight excluding hydrogens is 334 g/mol. The molecule has 0 spiro atoms. The van der Waals surface area contributed by atoms with E-state index in [1.165, 1.54) is 0 Å². The quantitative estimate of drug-likeness (QED) is 0.817. The lowest BCUT2D eigenvalue weighted by Gasteiger charge is -2.20. The van der Waals surface area contributed by atoms with E-state index in [9.17, 15) is 4.79 Å². The lowest BCUT2D eigenvalue weighted by atomic mass is 10.0. The van der Waals surface area contributed by atoms with Gasteiger partial charge in [-0.3, -0.25) is 4.79 Å². The van der Waals surface area contributed by atoms with E-state index in [0.29, 0.717) is 18.9 Å². The average Bonchev–Trinajstić information content (AvgIpc) is 2.72. The maximum Gasteiger partial charge on any atom is 0.258 e. The summed E-state index contributed by atoms with van der Waals surface area (Å²) in [6.45, 7) is 1.75. The summed E-state index contributed by atoms with van der Waals surface area (Å²) < 4.78 is 16.0. The van der Waals surface area contributed by atoms with Crippen LogP contribution in [0.3, 0.4) is 0 Å². The number of nitrogens with zero attached hydrogens (tertiary/aromatic N) is 2. The Morgan fingerprint density at radius 2 is 2.08 bits per heavy atom. The molecule has 1 saturated heterocycles. The van der Waals surface area contributed by atoms with Gasteiger partial charge < -0.3 is 19.5 Å². The zero-order valence-electron chi connectivity index (χ0n) is 14.8. The van der Waals surface area contributed by atoms with E-state index < -0.39 is 0 Å². The molecule has 2 aromatic rings. The molecule has 2 heterocycles. The van der Waals surface area contributed by atoms with Crippen molar-refractivity contribution in [3.05, 3.63) is 48.0 Å². The van der Waals surface area contributed by atoms with E-state index in [0.717, 1.165) is 36.7 Å². The largest absolute Gasteiger partial charge is 0.497 e. The number of hydrogen-bond donors (Lipinski definition) is 1. The van der Waals surface area contributed by atoms with Crippen LogP contribution in [0.1, 0.15) is 30.3 Å². The van der Waals surface area contributed by atoms with Crippen LogP contribution in [0.2, 0.25) is 0 Å². The van der Waals surface area contributed by atoms with E-state index in [1.807, 2.05) is 0 Å². The molecule has 0 aliphatic carbocycles. The molecule has 1 unspecified atom stereocenters. The van der Waals surface area contributed by atoms with Crippen molar-refractivity contribution in [2.45, 2.75) is 25.3 Å². The van der Waals surface area contributed by atoms with Gasteiger partial charge in [0.15, 0.2) is 6.61 Å². The molecule has 1 aliphatic rings. The lowest BCUT2D eigenvalue weighted by Crippen LogP contribution is -2.29. The number of methoxy groups -OCH3 is 1. The topological polar surface area (TPSA) is 82.6 Å². The van der Waals surface area contributed by atoms with E-state index in [2.05, 4.69) is 15.3 Å². The highest BCUT2D eigenvalue weighted by atomic mass is 16.5. The standard InChI is InChI=1S/C19H23N3O4/c1-24-16-4-6-17(7-5-16)26-13-18(23)21-11-15-8-9-20-19(22-15)14-3-2-10-25-12-14/h4-9,14H,2-3,10-13H2,1H3,(H,21,23). The second-order valence-electron chi connectivity index (χ2n) is 6.06. The number of ether oxygens (including phenoxy) is 3. The van der Waals surface area contributed by atoms with Crippen LogP contribution in [0.15, 0.2) is 36.5 Å². The SMILES string of the molecule is COc1ccc(OCC(=O)NCc2ccnc(C3CCCOC3)n2)cc1. The molecule has 1 fully saturated rings. The first-order valence-electron chi connectivity index (χ1n) is 8.67. The number of carbonyl (C=O) groups excluding carboxylic acids is 1. The second-order valence-corrected chi connectivity index (χ2v) is 6.06. The Morgan fingerprint density at radius 1 is 1.27 bits per heavy atom. The summed E-state index contributed by atoms with van der Waals surface area (Å²) in [5.74, 6) is 2.16. The molecule has 3 rings (SSSR count). The van der Waals surface area contributed by atoms with Crippen molar-refractivity contribution in [2.75, 3.05) is 26.9 Å². The normalized spacial score (nSPS) is 16.7. The third-order valence-electron chi connectivity index (χ3n) is 4.15. The van der Waals surface area contributed by atoms with Crippen molar-refractivity contribution in [3.63, 3.8) is 0 Å². The maximum absolute atomic E-state index is 12.0. The maximum atomic E-state index is 12.0. The van der Waals surface area contributed by atoms with Crippen molar-refractivity contribution in [1.82, 2.24) is 15.3 Å². The molecule has 26 heavy (non-hydrogen) atoms. The minimum Gasteiger partial charge on any atom is -0.497 e. The fourth-order valence-corrected chi connectivity index (χ4v) is 2.71. The molecule has 1 aliphatic heterocycles. The highest BCUT2D eigenvalue weighted by molar-refractivity contribution is 5.77. The Labute approximate surface area is 152 Å². The molecule has 138 valence electrons. The minimum absolute atomic E-state index is 0.0548. The Morgan fingerprint density at radius 3 is 2.81 bits per heavy atom. The molecule has 7 heteroatoms. The van der Waals surface area contributed by atoms with Crippen molar-refractivity contribution in [2.24, 2.45) is 0 Å². The Hall–Kier alpha value is -2.67. The van der Waals surface area contributed by atoms with Crippen LogP contribution in [0, 0.1) is 0 Å². The highest BCUT2D eigenvalue weighted by Gasteiger charge is 2.18. The first kappa shape index (κ1) is 18.1. The van der Waals surface area contributed by atoms with Gasteiger partial charge >= 0.3 is 0 Å². The number of benzene rings is 1. The van der Waals surface area contributed by atoms with Gasteiger partial charge in [0.1, 0.15) is 17.3 Å². The van der Waals surface area contributed by atoms with Crippen LogP contribution in [0.4, 0.5) is 0 Å². The number of rotatable bonds is 7. The molecule has 0 bridgehead atoms. The van der Waals surface area contributed by atoms with Crippen LogP contribution in [-0.4, -0.2) is 42.8 Å². The van der Waals surface area contributed by atoms with Gasteiger partial charge in [-0.1, -0.05) is 0 Å². The fourth-order valence-electron chi connectivity index (χ4n) is 2.71. The summed E-state index contributed by atoms with van der Waals surface area (Å²) in [7, 11) is 1.60. The van der Waals surface area contributed by atoms with Crippen molar-refractivity contribution < 1.29 is 19.0 Å². The highest BCUT2D eigenvalue weighted by Crippen LogP contribution is 2.22. The summed E-state index contributed by atoms with van der Waals surface area (Å²) in [6, 6.07) is 8.89. The number of hydrogen-bond acceptors (Lipinski definition) is 6. The smallest absolute Gasteiger partial charge is 0.258 e. The minimum atomic E-state index is -0.206. The van der Waals surface area contributed by atoms with Crippen molar-refractivity contribution in [1.29, 1.82) is 0 Å². The van der Waals surface area contributed by atoms with Gasteiger partial charge in [-0.25, -0.2) is 9.97 Å². The molecule has 1 amide bonds. The van der Waals surface area contributed by atoms with Crippen LogP contribution in [0.5, 0.6) is 11.5 Å². The van der Waals surface area contributed by atoms with Crippen LogP contribution < -0.4 is 14.8 Å². The molecule has 1 aromatic heterocycles. The van der Waals surface area contributed by atoms with Crippen LogP contribution >= 0.6 is 0 Å². The van der Waals surface area contributed by atoms with Gasteiger partial charge in [-0.05, 0) is 43.2 Å². The Bertz CT molecular complexity index is 715. The number of amides is 1. The predicted molar refractivity (Wildman–Crippen MR) is 95.2 cm³/mol. The third-order valence-corrected chi connectivity index (χ3v) is 4.15. The monoisotopic (exact) mass is 357 g/mol. The first-order chi connectivity index (χ1) is 12.7. The molecule has 1 aromatic carbocycles. The molecule has 7 nitrogen and oxygen atoms in total. The Balaban J connectivity index is 1.46. The van der Waals surface area contributed by atoms with Gasteiger partial charge in [0, 0.05) is 18.7 Å². The molecule has 1 N–H and O–H groups in total. The van der Waals surface area contributed by atoms with E-state index >= 15 is 0 Å². The first-order valence-corrected chi connectivity index (χ1v) is 8.67. The van der Waals surface area contributed by atoms with Crippen LogP contribution in [-0.2, 0) is 16.1 Å². The molecule has 0 radical (unpaired) electrons. The third kappa shape index (κ3) is 5.16. The summed E-state index contributed by atoms with van der Waals surface area (Å²) >= 11 is 0. The number of carbonyl (C=O) groups is 1. The van der Waals surface area contributed by atoms with Gasteiger partial charge in [0.25, 0.3) is 5.91 Å². The van der Waals surface area contributed by atoms with Gasteiger partial charge in [0.2, 0.25) is 0 Å². The van der Waals surface area contributed by atoms with E-state index in [-0.39, 0.29) is 18.4 Å². The second kappa shape index (κ2) is 9.15. The summed E-state index contributed by atoms with van der Waals surface area (Å²) in [5.41, 5.74) is 0.776. The number of aromatic nitrogens is 2. The van der Waals surface area contributed by atoms with Gasteiger partial charge in [-0.2, -0.15) is 0 Å². The fraction of sp³-hybridized carbons (Fsp3) is 0.421. The van der Waals surface area contributed by atoms with E-state index in [1.54, 1.807) is 43.6 Å².